The fourth-order valence-electron chi connectivity index (χ4n) is 6.18. The van der Waals surface area contributed by atoms with Crippen LogP contribution in [0.15, 0.2) is 11.6 Å². The van der Waals surface area contributed by atoms with Crippen LogP contribution in [0.5, 0.6) is 0 Å². The third-order valence-electron chi connectivity index (χ3n) is 7.22. The predicted octanol–water partition coefficient (Wildman–Crippen LogP) is 3.63. The zero-order valence-electron chi connectivity index (χ0n) is 12.5. The second kappa shape index (κ2) is 4.19. The smallest absolute Gasteiger partial charge is 0.155 e. The normalized spacial score (nSPS) is 51.0. The van der Waals surface area contributed by atoms with Crippen molar-refractivity contribution in [2.24, 2.45) is 23.2 Å². The molecule has 0 aromatic carbocycles. The summed E-state index contributed by atoms with van der Waals surface area (Å²) in [5.41, 5.74) is 0.973. The quantitative estimate of drug-likeness (QED) is 0.732. The Morgan fingerprint density at radius 1 is 1.10 bits per heavy atom. The van der Waals surface area contributed by atoms with Crippen LogP contribution < -0.4 is 0 Å². The maximum atomic E-state index is 11.7. The molecule has 0 radical (unpaired) electrons. The molecule has 0 spiro atoms. The Balaban J connectivity index is 1.69. The van der Waals surface area contributed by atoms with E-state index in [1.165, 1.54) is 38.5 Å². The van der Waals surface area contributed by atoms with Gasteiger partial charge >= 0.3 is 0 Å². The lowest BCUT2D eigenvalue weighted by Crippen LogP contribution is -2.54. The van der Waals surface area contributed by atoms with E-state index >= 15 is 0 Å². The van der Waals surface area contributed by atoms with Gasteiger partial charge in [-0.3, -0.25) is 4.79 Å². The molecular weight excluding hydrogens is 248 g/mol. The van der Waals surface area contributed by atoms with E-state index in [0.29, 0.717) is 30.1 Å². The highest BCUT2D eigenvalue weighted by atomic mass is 16.3. The molecular formula is C18H26O2. The van der Waals surface area contributed by atoms with E-state index in [0.717, 1.165) is 17.9 Å². The first-order chi connectivity index (χ1) is 9.53. The highest BCUT2D eigenvalue weighted by molar-refractivity contribution is 5.92. The van der Waals surface area contributed by atoms with Crippen LogP contribution in [-0.4, -0.2) is 16.5 Å². The molecule has 3 unspecified atom stereocenters. The number of hydrogen-bond donors (Lipinski definition) is 1. The summed E-state index contributed by atoms with van der Waals surface area (Å²) in [6, 6.07) is 0. The Morgan fingerprint density at radius 2 is 1.95 bits per heavy atom. The molecule has 0 bridgehead atoms. The van der Waals surface area contributed by atoms with Gasteiger partial charge in [-0.1, -0.05) is 13.3 Å². The van der Waals surface area contributed by atoms with Crippen LogP contribution >= 0.6 is 0 Å². The molecule has 0 aromatic rings. The summed E-state index contributed by atoms with van der Waals surface area (Å²) in [7, 11) is 0. The van der Waals surface area contributed by atoms with Crippen molar-refractivity contribution in [3.63, 3.8) is 0 Å². The van der Waals surface area contributed by atoms with E-state index in [9.17, 15) is 9.90 Å². The minimum atomic E-state index is -0.638. The lowest BCUT2D eigenvalue weighted by molar-refractivity contribution is -0.124. The highest BCUT2D eigenvalue weighted by Gasteiger charge is 2.57. The predicted molar refractivity (Wildman–Crippen MR) is 78.2 cm³/mol. The minimum absolute atomic E-state index is 0.227. The Kier molecular flexibility index (Phi) is 2.74. The summed E-state index contributed by atoms with van der Waals surface area (Å²) in [6.45, 7) is 2.49. The molecule has 3 saturated carbocycles. The molecule has 0 aromatic heterocycles. The van der Waals surface area contributed by atoms with E-state index in [2.05, 4.69) is 6.92 Å². The van der Waals surface area contributed by atoms with Crippen LogP contribution in [0.2, 0.25) is 0 Å². The van der Waals surface area contributed by atoms with Gasteiger partial charge in [-0.2, -0.15) is 0 Å². The number of aliphatic hydroxyl groups is 1. The second-order valence-corrected chi connectivity index (χ2v) is 8.06. The van der Waals surface area contributed by atoms with Crippen molar-refractivity contribution in [1.82, 2.24) is 0 Å². The maximum absolute atomic E-state index is 11.7. The number of ketones is 1. The van der Waals surface area contributed by atoms with E-state index < -0.39 is 5.60 Å². The molecule has 0 aliphatic heterocycles. The van der Waals surface area contributed by atoms with E-state index in [1.54, 1.807) is 6.08 Å². The zero-order chi connectivity index (χ0) is 14.0. The molecule has 2 heteroatoms. The Morgan fingerprint density at radius 3 is 2.80 bits per heavy atom. The monoisotopic (exact) mass is 274 g/mol. The molecule has 4 aliphatic rings. The molecule has 4 rings (SSSR count). The van der Waals surface area contributed by atoms with Gasteiger partial charge in [0.1, 0.15) is 0 Å². The van der Waals surface area contributed by atoms with Gasteiger partial charge in [0.15, 0.2) is 5.78 Å². The standard InChI is InChI=1S/C18H26O2/c1-17-8-2-3-15(17)14-5-4-12-11-13(19)6-10-18(12,20)16(14)7-9-17/h11,14-16,20H,2-10H2,1H3/t14?,15?,16?,17-,18+/m0/s1. The third-order valence-corrected chi connectivity index (χ3v) is 7.22. The van der Waals surface area contributed by atoms with Gasteiger partial charge in [-0.15, -0.1) is 0 Å². The van der Waals surface area contributed by atoms with Crippen LogP contribution in [0.1, 0.15) is 64.7 Å². The van der Waals surface area contributed by atoms with E-state index in [1.807, 2.05) is 0 Å². The van der Waals surface area contributed by atoms with Gasteiger partial charge in [-0.05, 0) is 79.8 Å². The summed E-state index contributed by atoms with van der Waals surface area (Å²) < 4.78 is 0. The second-order valence-electron chi connectivity index (χ2n) is 8.06. The molecule has 110 valence electrons. The van der Waals surface area contributed by atoms with Gasteiger partial charge in [0, 0.05) is 6.42 Å². The maximum Gasteiger partial charge on any atom is 0.155 e. The average Bonchev–Trinajstić information content (AvgIpc) is 2.81. The molecule has 0 saturated heterocycles. The summed E-state index contributed by atoms with van der Waals surface area (Å²) >= 11 is 0. The molecule has 3 fully saturated rings. The van der Waals surface area contributed by atoms with Crippen LogP contribution in [0.3, 0.4) is 0 Å². The summed E-state index contributed by atoms with van der Waals surface area (Å²) in [5.74, 6) is 2.17. The fourth-order valence-corrected chi connectivity index (χ4v) is 6.18. The van der Waals surface area contributed by atoms with Crippen molar-refractivity contribution in [2.45, 2.75) is 70.3 Å². The zero-order valence-corrected chi connectivity index (χ0v) is 12.5. The van der Waals surface area contributed by atoms with Gasteiger partial charge in [-0.25, -0.2) is 0 Å². The van der Waals surface area contributed by atoms with Crippen molar-refractivity contribution in [3.05, 3.63) is 11.6 Å². The fraction of sp³-hybridized carbons (Fsp3) is 0.833. The topological polar surface area (TPSA) is 37.3 Å². The van der Waals surface area contributed by atoms with Gasteiger partial charge in [0.2, 0.25) is 0 Å². The lowest BCUT2D eigenvalue weighted by atomic mass is 9.51. The first kappa shape index (κ1) is 13.1. The minimum Gasteiger partial charge on any atom is -0.385 e. The molecule has 2 nitrogen and oxygen atoms in total. The first-order valence-electron chi connectivity index (χ1n) is 8.49. The first-order valence-corrected chi connectivity index (χ1v) is 8.49. The molecule has 0 amide bonds. The largest absolute Gasteiger partial charge is 0.385 e. The number of carbonyl (C=O) groups is 1. The molecule has 1 N–H and O–H groups in total. The molecule has 4 aliphatic carbocycles. The lowest BCUT2D eigenvalue weighted by Gasteiger charge is -2.56. The molecule has 20 heavy (non-hydrogen) atoms. The summed E-state index contributed by atoms with van der Waals surface area (Å²) in [4.78, 5) is 11.7. The van der Waals surface area contributed by atoms with Crippen molar-refractivity contribution >= 4 is 5.78 Å². The van der Waals surface area contributed by atoms with Gasteiger partial charge < -0.3 is 5.11 Å². The number of hydrogen-bond acceptors (Lipinski definition) is 2. The number of rotatable bonds is 0. The van der Waals surface area contributed by atoms with Crippen LogP contribution in [0, 0.1) is 23.2 Å². The van der Waals surface area contributed by atoms with Crippen LogP contribution in [0.4, 0.5) is 0 Å². The van der Waals surface area contributed by atoms with Crippen LogP contribution in [0.25, 0.3) is 0 Å². The van der Waals surface area contributed by atoms with Crippen molar-refractivity contribution in [2.75, 3.05) is 0 Å². The van der Waals surface area contributed by atoms with Crippen molar-refractivity contribution in [1.29, 1.82) is 0 Å². The third kappa shape index (κ3) is 1.63. The van der Waals surface area contributed by atoms with E-state index in [-0.39, 0.29) is 5.78 Å². The highest BCUT2D eigenvalue weighted by Crippen LogP contribution is 2.62. The average molecular weight is 274 g/mol. The van der Waals surface area contributed by atoms with Gasteiger partial charge in [0.25, 0.3) is 0 Å². The number of fused-ring (bicyclic) bond motifs is 5. The van der Waals surface area contributed by atoms with Crippen molar-refractivity contribution in [3.8, 4) is 0 Å². The van der Waals surface area contributed by atoms with E-state index in [4.69, 9.17) is 0 Å². The Hall–Kier alpha value is -0.630. The summed E-state index contributed by atoms with van der Waals surface area (Å²) in [6.07, 6.45) is 11.7. The number of carbonyl (C=O) groups excluding carboxylic acids is 1. The molecule has 0 heterocycles. The Bertz CT molecular complexity index is 480. The Labute approximate surface area is 121 Å². The SMILES string of the molecule is C[C@@]12CCCC1C1CCC3=CC(=O)CC[C@]3(O)C1CC2. The van der Waals surface area contributed by atoms with Gasteiger partial charge in [0.05, 0.1) is 5.60 Å². The summed E-state index contributed by atoms with van der Waals surface area (Å²) in [5, 5.41) is 11.3. The molecule has 5 atom stereocenters. The van der Waals surface area contributed by atoms with Crippen molar-refractivity contribution < 1.29 is 9.90 Å². The van der Waals surface area contributed by atoms with Crippen LogP contribution in [-0.2, 0) is 4.79 Å².